The third-order valence-electron chi connectivity index (χ3n) is 16.2. The van der Waals surface area contributed by atoms with Crippen LogP contribution < -0.4 is 4.90 Å². The van der Waals surface area contributed by atoms with E-state index in [1.807, 2.05) is 11.3 Å². The second kappa shape index (κ2) is 17.1. The highest BCUT2D eigenvalue weighted by Crippen LogP contribution is 2.57. The summed E-state index contributed by atoms with van der Waals surface area (Å²) in [5.74, 6) is 0. The van der Waals surface area contributed by atoms with Crippen LogP contribution in [0.15, 0.2) is 258 Å². The minimum atomic E-state index is -0.569. The molecule has 75 heavy (non-hydrogen) atoms. The molecule has 2 aliphatic carbocycles. The van der Waals surface area contributed by atoms with Gasteiger partial charge in [-0.05, 0) is 138 Å². The molecule has 0 saturated carbocycles. The van der Waals surface area contributed by atoms with Gasteiger partial charge < -0.3 is 13.9 Å². The molecule has 0 bridgehead atoms. The van der Waals surface area contributed by atoms with E-state index in [4.69, 9.17) is 4.42 Å². The van der Waals surface area contributed by atoms with Crippen LogP contribution in [0.2, 0.25) is 0 Å². The number of rotatable bonds is 7. The van der Waals surface area contributed by atoms with Gasteiger partial charge in [0.05, 0.1) is 33.5 Å². The van der Waals surface area contributed by atoms with Crippen LogP contribution in [0, 0.1) is 6.92 Å². The first-order valence-corrected chi connectivity index (χ1v) is 26.9. The molecule has 3 nitrogen and oxygen atoms in total. The first-order chi connectivity index (χ1) is 37.0. The number of fused-ring (bicyclic) bond motifs is 11. The van der Waals surface area contributed by atoms with E-state index in [0.717, 1.165) is 57.5 Å². The molecule has 3 heterocycles. The second-order valence-electron chi connectivity index (χ2n) is 20.4. The van der Waals surface area contributed by atoms with Crippen LogP contribution in [0.3, 0.4) is 0 Å². The van der Waals surface area contributed by atoms with Gasteiger partial charge in [-0.1, -0.05) is 181 Å². The molecule has 0 radical (unpaired) electrons. The summed E-state index contributed by atoms with van der Waals surface area (Å²) in [5.41, 5.74) is 20.8. The summed E-state index contributed by atoms with van der Waals surface area (Å²) in [4.78, 5) is 2.55. The van der Waals surface area contributed by atoms with Gasteiger partial charge in [0.15, 0.2) is 5.58 Å². The van der Waals surface area contributed by atoms with Crippen molar-refractivity contribution < 1.29 is 4.42 Å². The zero-order valence-electron chi connectivity index (χ0n) is 41.7. The zero-order valence-corrected chi connectivity index (χ0v) is 42.5. The minimum Gasteiger partial charge on any atom is -0.454 e. The number of nitrogens with zero attached hydrogens (tertiary/aromatic N) is 2. The monoisotopic (exact) mass is 978 g/mol. The van der Waals surface area contributed by atoms with E-state index < -0.39 is 5.41 Å². The number of hydrogen-bond acceptors (Lipinski definition) is 3. The summed E-state index contributed by atoms with van der Waals surface area (Å²) in [6, 6.07) is 81.2. The third kappa shape index (κ3) is 6.66. The maximum atomic E-state index is 7.04. The van der Waals surface area contributed by atoms with Gasteiger partial charge in [0.1, 0.15) is 5.58 Å². The summed E-state index contributed by atoms with van der Waals surface area (Å²) in [6.07, 6.45) is 10.9. The molecule has 356 valence electrons. The Labute approximate surface area is 439 Å². The Morgan fingerprint density at radius 1 is 0.520 bits per heavy atom. The van der Waals surface area contributed by atoms with Crippen molar-refractivity contribution in [2.24, 2.45) is 0 Å². The molecule has 0 N–H and O–H groups in total. The fraction of sp³-hybridized carbons (Fsp3) is 0.0704. The lowest BCUT2D eigenvalue weighted by molar-refractivity contribution is 0.667. The van der Waals surface area contributed by atoms with Gasteiger partial charge in [0, 0.05) is 53.8 Å². The third-order valence-corrected chi connectivity index (χ3v) is 17.3. The van der Waals surface area contributed by atoms with Crippen LogP contribution in [-0.2, 0) is 11.8 Å². The summed E-state index contributed by atoms with van der Waals surface area (Å²) in [6.45, 7) is 4.39. The van der Waals surface area contributed by atoms with Crippen molar-refractivity contribution >= 4 is 92.3 Å². The molecular formula is C71H50N2OS. The van der Waals surface area contributed by atoms with Crippen LogP contribution in [0.5, 0.6) is 0 Å². The summed E-state index contributed by atoms with van der Waals surface area (Å²) < 4.78 is 11.9. The number of allylic oxidation sites excluding steroid dienone is 6. The molecule has 0 aliphatic heterocycles. The number of aryl methyl sites for hydroxylation is 1. The number of para-hydroxylation sites is 4. The van der Waals surface area contributed by atoms with Gasteiger partial charge >= 0.3 is 0 Å². The molecular weight excluding hydrogens is 929 g/mol. The van der Waals surface area contributed by atoms with Gasteiger partial charge in [-0.25, -0.2) is 0 Å². The molecule has 13 aromatic rings. The Hall–Kier alpha value is -8.96. The quantitative estimate of drug-likeness (QED) is 0.159. The molecule has 0 amide bonds. The number of benzene rings is 10. The van der Waals surface area contributed by atoms with Gasteiger partial charge in [0.2, 0.25) is 0 Å². The van der Waals surface area contributed by atoms with Gasteiger partial charge in [-0.15, -0.1) is 11.3 Å². The highest BCUT2D eigenvalue weighted by atomic mass is 32.1. The van der Waals surface area contributed by atoms with E-state index in [-0.39, 0.29) is 0 Å². The number of furan rings is 1. The Morgan fingerprint density at radius 3 is 2.11 bits per heavy atom. The van der Waals surface area contributed by atoms with E-state index in [1.165, 1.54) is 97.6 Å². The molecule has 1 unspecified atom stereocenters. The van der Waals surface area contributed by atoms with Crippen molar-refractivity contribution in [1.82, 2.24) is 4.57 Å². The molecule has 15 rings (SSSR count). The van der Waals surface area contributed by atoms with Crippen LogP contribution >= 0.6 is 11.3 Å². The Kier molecular flexibility index (Phi) is 9.92. The molecule has 1 atom stereocenters. The molecule has 4 heteroatoms. The number of thiophene rings is 1. The zero-order chi connectivity index (χ0) is 49.8. The van der Waals surface area contributed by atoms with E-state index in [2.05, 4.69) is 266 Å². The lowest BCUT2D eigenvalue weighted by Gasteiger charge is -2.45. The predicted octanol–water partition coefficient (Wildman–Crippen LogP) is 19.6. The largest absolute Gasteiger partial charge is 0.454 e. The van der Waals surface area contributed by atoms with Crippen molar-refractivity contribution in [2.45, 2.75) is 32.1 Å². The van der Waals surface area contributed by atoms with Crippen molar-refractivity contribution in [3.8, 4) is 16.8 Å². The standard InChI is InChI=1S/C71H50N2OS/c1-45-16-12-18-50(37-32-45)71(51-38-33-46(2)34-39-51)59-24-9-6-17-49(59)44-57-60(71)25-14-27-62(57)73(65-29-13-23-55-54-22-8-11-30-66(54)74-70(55)65)64-28-15-31-68-69(64)58-43-48(36-41-67(58)75-68)47-35-40-63-56(42-47)53-21-7-10-26-61(53)72(63)52-19-4-3-5-20-52/h3-17,19-43H,18,44H2,1-2H3. The van der Waals surface area contributed by atoms with Gasteiger partial charge in [-0.3, -0.25) is 0 Å². The molecule has 3 aromatic heterocycles. The van der Waals surface area contributed by atoms with E-state index in [1.54, 1.807) is 0 Å². The fourth-order valence-electron chi connectivity index (χ4n) is 12.8. The Morgan fingerprint density at radius 2 is 1.21 bits per heavy atom. The normalized spacial score (nSPS) is 15.4. The molecule has 2 aliphatic rings. The average Bonchev–Trinajstić information content (AvgIpc) is 4.08. The minimum absolute atomic E-state index is 0.569. The van der Waals surface area contributed by atoms with E-state index >= 15 is 0 Å². The highest BCUT2D eigenvalue weighted by molar-refractivity contribution is 7.26. The predicted molar refractivity (Wildman–Crippen MR) is 317 cm³/mol. The number of hydrogen-bond donors (Lipinski definition) is 0. The summed E-state index contributed by atoms with van der Waals surface area (Å²) in [7, 11) is 0. The maximum absolute atomic E-state index is 7.04. The molecule has 0 spiro atoms. The first kappa shape index (κ1) is 43.6. The van der Waals surface area contributed by atoms with Gasteiger partial charge in [-0.2, -0.15) is 0 Å². The van der Waals surface area contributed by atoms with Crippen molar-refractivity contribution in [3.05, 3.63) is 287 Å². The molecule has 10 aromatic carbocycles. The van der Waals surface area contributed by atoms with E-state index in [0.29, 0.717) is 0 Å². The highest BCUT2D eigenvalue weighted by Gasteiger charge is 2.46. The summed E-state index contributed by atoms with van der Waals surface area (Å²) >= 11 is 1.87. The smallest absolute Gasteiger partial charge is 0.159 e. The number of anilines is 3. The maximum Gasteiger partial charge on any atom is 0.159 e. The second-order valence-corrected chi connectivity index (χ2v) is 21.5. The average molecular weight is 979 g/mol. The lowest BCUT2D eigenvalue weighted by Crippen LogP contribution is -2.37. The van der Waals surface area contributed by atoms with Crippen LogP contribution in [0.4, 0.5) is 17.1 Å². The SMILES string of the molecule is CC1=CC=C(C2(c3ccc(C)cc3)c3ccccc3Cc3c(N(c4cccc5c4oc4ccccc45)c4cccc5sc6ccc(-c7ccc8c(c7)c7ccccc7n8-c7ccccc7)cc6c45)cccc32)CC=C1. The first-order valence-electron chi connectivity index (χ1n) is 26.1. The van der Waals surface area contributed by atoms with Crippen LogP contribution in [0.1, 0.15) is 46.7 Å². The van der Waals surface area contributed by atoms with Crippen molar-refractivity contribution in [1.29, 1.82) is 0 Å². The fourth-order valence-corrected chi connectivity index (χ4v) is 13.9. The molecule has 0 saturated heterocycles. The topological polar surface area (TPSA) is 21.3 Å². The van der Waals surface area contributed by atoms with Crippen LogP contribution in [0.25, 0.3) is 80.7 Å². The number of aromatic nitrogens is 1. The lowest BCUT2D eigenvalue weighted by atomic mass is 9.58. The van der Waals surface area contributed by atoms with Crippen LogP contribution in [-0.4, -0.2) is 4.57 Å². The van der Waals surface area contributed by atoms with E-state index in [9.17, 15) is 0 Å². The van der Waals surface area contributed by atoms with Crippen molar-refractivity contribution in [3.63, 3.8) is 0 Å². The Bertz CT molecular complexity index is 4560. The Balaban J connectivity index is 0.999. The molecule has 0 fully saturated rings. The summed E-state index contributed by atoms with van der Waals surface area (Å²) in [5, 5.41) is 7.16. The van der Waals surface area contributed by atoms with Gasteiger partial charge in [0.25, 0.3) is 0 Å². The van der Waals surface area contributed by atoms with Crippen molar-refractivity contribution in [2.75, 3.05) is 4.90 Å².